The maximum Gasteiger partial charge on any atom is 0.272 e. The van der Waals surface area contributed by atoms with Gasteiger partial charge in [0.05, 0.1) is 28.8 Å². The predicted octanol–water partition coefficient (Wildman–Crippen LogP) is 2.44. The molecule has 0 spiro atoms. The highest BCUT2D eigenvalue weighted by molar-refractivity contribution is 5.95. The van der Waals surface area contributed by atoms with Gasteiger partial charge in [-0.1, -0.05) is 31.2 Å². The molecule has 8 heteroatoms. The maximum atomic E-state index is 14.7. The Hall–Kier alpha value is -3.10. The molecule has 1 aromatic heterocycles. The van der Waals surface area contributed by atoms with Gasteiger partial charge in [0.2, 0.25) is 0 Å². The Bertz CT molecular complexity index is 1200. The number of carbonyl (C=O) groups is 1. The van der Waals surface area contributed by atoms with E-state index in [1.807, 2.05) is 19.2 Å². The lowest BCUT2D eigenvalue weighted by molar-refractivity contribution is 0.0534. The van der Waals surface area contributed by atoms with Crippen molar-refractivity contribution in [1.82, 2.24) is 20.0 Å². The molecule has 0 bridgehead atoms. The molecule has 7 nitrogen and oxygen atoms in total. The number of hydrogen-bond donors (Lipinski definition) is 1. The van der Waals surface area contributed by atoms with Gasteiger partial charge in [-0.25, -0.2) is 9.49 Å². The molecule has 1 N–H and O–H groups in total. The Morgan fingerprint density at radius 3 is 2.72 bits per heavy atom. The van der Waals surface area contributed by atoms with Crippen molar-refractivity contribution >= 4 is 16.7 Å². The van der Waals surface area contributed by atoms with E-state index in [2.05, 4.69) is 22.0 Å². The number of nitrogens with zero attached hydrogens (tertiary/aromatic N) is 3. The van der Waals surface area contributed by atoms with E-state index >= 15 is 0 Å². The van der Waals surface area contributed by atoms with Crippen molar-refractivity contribution in [3.05, 3.63) is 75.5 Å². The summed E-state index contributed by atoms with van der Waals surface area (Å²) >= 11 is 0. The minimum atomic E-state index is -0.556. The van der Waals surface area contributed by atoms with E-state index in [9.17, 15) is 14.0 Å². The van der Waals surface area contributed by atoms with E-state index in [1.54, 1.807) is 36.3 Å². The number of aromatic amines is 1. The fraction of sp³-hybridized carbons (Fsp3) is 0.375. The number of amides is 1. The molecule has 2 aromatic carbocycles. The molecule has 2 unspecified atom stereocenters. The lowest BCUT2D eigenvalue weighted by Crippen LogP contribution is -2.41. The number of likely N-dealkylation sites (N-methyl/N-ethyl adjacent to an activating group) is 1. The number of hydrogen-bond acceptors (Lipinski definition) is 5. The third-order valence-corrected chi connectivity index (χ3v) is 6.30. The summed E-state index contributed by atoms with van der Waals surface area (Å²) < 4.78 is 20.2. The van der Waals surface area contributed by atoms with Crippen molar-refractivity contribution in [2.45, 2.75) is 25.5 Å². The Balaban J connectivity index is 1.61. The molecule has 0 radical (unpaired) electrons. The summed E-state index contributed by atoms with van der Waals surface area (Å²) in [5, 5.41) is 7.99. The molecule has 1 saturated heterocycles. The van der Waals surface area contributed by atoms with Crippen molar-refractivity contribution in [1.29, 1.82) is 0 Å². The number of H-pyrrole nitrogens is 1. The molecule has 2 atom stereocenters. The second kappa shape index (κ2) is 9.18. The zero-order valence-corrected chi connectivity index (χ0v) is 18.5. The van der Waals surface area contributed by atoms with Gasteiger partial charge in [-0.05, 0) is 37.4 Å². The lowest BCUT2D eigenvalue weighted by atomic mass is 10.0. The highest BCUT2D eigenvalue weighted by atomic mass is 19.1. The molecule has 0 saturated carbocycles. The van der Waals surface area contributed by atoms with Crippen LogP contribution in [0.25, 0.3) is 10.8 Å². The molecule has 1 aliphatic rings. The number of carbonyl (C=O) groups excluding carboxylic acids is 1. The summed E-state index contributed by atoms with van der Waals surface area (Å²) in [6.45, 7) is 3.78. The maximum absolute atomic E-state index is 14.7. The van der Waals surface area contributed by atoms with Crippen LogP contribution in [0.3, 0.4) is 0 Å². The molecular formula is C24H27FN4O3. The first-order valence-electron chi connectivity index (χ1n) is 10.7. The minimum Gasteiger partial charge on any atom is -0.378 e. The van der Waals surface area contributed by atoms with E-state index in [-0.39, 0.29) is 29.2 Å². The van der Waals surface area contributed by atoms with Crippen LogP contribution in [0.4, 0.5) is 4.39 Å². The second-order valence-corrected chi connectivity index (χ2v) is 8.16. The van der Waals surface area contributed by atoms with Crippen molar-refractivity contribution < 1.29 is 13.9 Å². The largest absolute Gasteiger partial charge is 0.378 e. The Kier molecular flexibility index (Phi) is 6.34. The molecule has 168 valence electrons. The van der Waals surface area contributed by atoms with Gasteiger partial charge in [0.15, 0.2) is 0 Å². The Morgan fingerprint density at radius 2 is 2.00 bits per heavy atom. The minimum absolute atomic E-state index is 0.0332. The number of rotatable bonds is 6. The number of methoxy groups -OCH3 is 1. The van der Waals surface area contributed by atoms with Gasteiger partial charge < -0.3 is 9.64 Å². The summed E-state index contributed by atoms with van der Waals surface area (Å²) in [5.41, 5.74) is 1.18. The Labute approximate surface area is 185 Å². The van der Waals surface area contributed by atoms with Crippen LogP contribution in [0, 0.1) is 5.82 Å². The van der Waals surface area contributed by atoms with Crippen molar-refractivity contribution in [3.63, 3.8) is 0 Å². The van der Waals surface area contributed by atoms with Gasteiger partial charge in [0.1, 0.15) is 5.82 Å². The van der Waals surface area contributed by atoms with Crippen molar-refractivity contribution in [2.75, 3.05) is 33.8 Å². The highest BCUT2D eigenvalue weighted by Gasteiger charge is 2.38. The van der Waals surface area contributed by atoms with E-state index in [4.69, 9.17) is 4.74 Å². The molecule has 32 heavy (non-hydrogen) atoms. The first kappa shape index (κ1) is 22.1. The SMILES string of the molecule is CCN(C)C1CN(C(=O)c2cc(Cc3n[nH]c(=O)c4ccccc34)ccc2F)CC1OC. The van der Waals surface area contributed by atoms with Gasteiger partial charge >= 0.3 is 0 Å². The summed E-state index contributed by atoms with van der Waals surface area (Å²) in [7, 11) is 3.63. The first-order chi connectivity index (χ1) is 15.4. The zero-order chi connectivity index (χ0) is 22.8. The van der Waals surface area contributed by atoms with Gasteiger partial charge in [0.25, 0.3) is 11.5 Å². The summed E-state index contributed by atoms with van der Waals surface area (Å²) in [4.78, 5) is 29.0. The molecular weight excluding hydrogens is 411 g/mol. The number of ether oxygens (including phenoxy) is 1. The predicted molar refractivity (Wildman–Crippen MR) is 120 cm³/mol. The fourth-order valence-corrected chi connectivity index (χ4v) is 4.33. The average Bonchev–Trinajstić information content (AvgIpc) is 3.26. The molecule has 1 aliphatic heterocycles. The molecule has 2 heterocycles. The number of aromatic nitrogens is 2. The number of nitrogens with one attached hydrogen (secondary N) is 1. The van der Waals surface area contributed by atoms with Crippen molar-refractivity contribution in [3.8, 4) is 0 Å². The summed E-state index contributed by atoms with van der Waals surface area (Å²) in [6, 6.07) is 11.8. The van der Waals surface area contributed by atoms with E-state index in [1.165, 1.54) is 6.07 Å². The van der Waals surface area contributed by atoms with Crippen LogP contribution in [0.15, 0.2) is 47.3 Å². The zero-order valence-electron chi connectivity index (χ0n) is 18.5. The number of likely N-dealkylation sites (tertiary alicyclic amines) is 1. The molecule has 0 aliphatic carbocycles. The third kappa shape index (κ3) is 4.16. The van der Waals surface area contributed by atoms with Crippen LogP contribution < -0.4 is 5.56 Å². The standard InChI is InChI=1S/C24H27FN4O3/c1-4-28(2)21-13-29(14-22(21)32-3)24(31)18-11-15(9-10-19(18)25)12-20-16-7-5-6-8-17(16)23(30)27-26-20/h5-11,21-22H,4,12-14H2,1-3H3,(H,27,30). The number of fused-ring (bicyclic) bond motifs is 1. The van der Waals surface area contributed by atoms with E-state index in [0.717, 1.165) is 17.5 Å². The quantitative estimate of drug-likeness (QED) is 0.640. The van der Waals surface area contributed by atoms with Crippen LogP contribution in [0.2, 0.25) is 0 Å². The Morgan fingerprint density at radius 1 is 1.25 bits per heavy atom. The normalized spacial score (nSPS) is 18.6. The van der Waals surface area contributed by atoms with Crippen LogP contribution in [0.1, 0.15) is 28.5 Å². The van der Waals surface area contributed by atoms with Crippen LogP contribution >= 0.6 is 0 Å². The van der Waals surface area contributed by atoms with Gasteiger partial charge in [-0.3, -0.25) is 14.5 Å². The lowest BCUT2D eigenvalue weighted by Gasteiger charge is -2.26. The molecule has 4 rings (SSSR count). The summed E-state index contributed by atoms with van der Waals surface area (Å²) in [6.07, 6.45) is 0.242. The third-order valence-electron chi connectivity index (χ3n) is 6.30. The monoisotopic (exact) mass is 438 g/mol. The van der Waals surface area contributed by atoms with Gasteiger partial charge in [-0.15, -0.1) is 0 Å². The highest BCUT2D eigenvalue weighted by Crippen LogP contribution is 2.23. The fourth-order valence-electron chi connectivity index (χ4n) is 4.33. The smallest absolute Gasteiger partial charge is 0.272 e. The van der Waals surface area contributed by atoms with Gasteiger partial charge in [-0.2, -0.15) is 5.10 Å². The van der Waals surface area contributed by atoms with Gasteiger partial charge in [0, 0.05) is 32.0 Å². The number of halogens is 1. The van der Waals surface area contributed by atoms with Crippen LogP contribution in [-0.4, -0.2) is 71.8 Å². The summed E-state index contributed by atoms with van der Waals surface area (Å²) in [5.74, 6) is -0.906. The molecule has 1 fully saturated rings. The van der Waals surface area contributed by atoms with Crippen LogP contribution in [-0.2, 0) is 11.2 Å². The van der Waals surface area contributed by atoms with E-state index < -0.39 is 5.82 Å². The molecule has 1 amide bonds. The van der Waals surface area contributed by atoms with Crippen molar-refractivity contribution in [2.24, 2.45) is 0 Å². The first-order valence-corrected chi connectivity index (χ1v) is 10.7. The average molecular weight is 439 g/mol. The number of benzene rings is 2. The second-order valence-electron chi connectivity index (χ2n) is 8.16. The topological polar surface area (TPSA) is 78.5 Å². The molecule has 3 aromatic rings. The van der Waals surface area contributed by atoms with E-state index in [0.29, 0.717) is 30.6 Å². The van der Waals surface area contributed by atoms with Crippen LogP contribution in [0.5, 0.6) is 0 Å².